The molecule has 0 spiro atoms. The second-order valence-electron chi connectivity index (χ2n) is 2.93. The molecule has 1 heterocycles. The van der Waals surface area contributed by atoms with E-state index in [9.17, 15) is 0 Å². The molecule has 72 valence electrons. The van der Waals surface area contributed by atoms with E-state index in [1.807, 2.05) is 26.0 Å². The van der Waals surface area contributed by atoms with Gasteiger partial charge < -0.3 is 9.84 Å². The van der Waals surface area contributed by atoms with Crippen LogP contribution in [0.5, 0.6) is 0 Å². The molecule has 0 fully saturated rings. The number of aromatic nitrogens is 1. The third-order valence-corrected chi connectivity index (χ3v) is 1.86. The molecule has 0 bridgehead atoms. The van der Waals surface area contributed by atoms with Gasteiger partial charge in [0.15, 0.2) is 5.76 Å². The second kappa shape index (κ2) is 4.82. The summed E-state index contributed by atoms with van der Waals surface area (Å²) in [5.74, 6) is 0.862. The number of likely N-dealkylation sites (N-methyl/N-ethyl adjacent to an activating group) is 1. The molecule has 0 saturated carbocycles. The van der Waals surface area contributed by atoms with E-state index < -0.39 is 0 Å². The molecule has 1 aromatic heterocycles. The fraction of sp³-hybridized carbons (Fsp3) is 0.500. The first-order chi connectivity index (χ1) is 6.27. The van der Waals surface area contributed by atoms with Gasteiger partial charge in [0, 0.05) is 18.2 Å². The number of hydrogen-bond acceptors (Lipinski definition) is 3. The van der Waals surface area contributed by atoms with Crippen molar-refractivity contribution in [3.8, 4) is 0 Å². The lowest BCUT2D eigenvalue weighted by Crippen LogP contribution is -2.15. The molecule has 1 rings (SSSR count). The summed E-state index contributed by atoms with van der Waals surface area (Å²) < 4.78 is 5.16. The molecule has 0 unspecified atom stereocenters. The highest BCUT2D eigenvalue weighted by Gasteiger charge is 2.05. The van der Waals surface area contributed by atoms with Crippen LogP contribution in [0.4, 0.5) is 0 Å². The van der Waals surface area contributed by atoms with Crippen LogP contribution >= 0.6 is 0 Å². The van der Waals surface area contributed by atoms with E-state index in [4.69, 9.17) is 4.52 Å². The van der Waals surface area contributed by atoms with Gasteiger partial charge in [-0.3, -0.25) is 0 Å². The summed E-state index contributed by atoms with van der Waals surface area (Å²) in [6.45, 7) is 7.81. The van der Waals surface area contributed by atoms with Crippen molar-refractivity contribution in [1.82, 2.24) is 10.5 Å². The number of nitrogens with one attached hydrogen (secondary N) is 1. The van der Waals surface area contributed by atoms with Crippen LogP contribution in [0.2, 0.25) is 0 Å². The van der Waals surface area contributed by atoms with Gasteiger partial charge in [-0.05, 0) is 20.4 Å². The second-order valence-corrected chi connectivity index (χ2v) is 2.93. The molecule has 0 radical (unpaired) electrons. The van der Waals surface area contributed by atoms with Crippen LogP contribution < -0.4 is 5.32 Å². The molecule has 0 atom stereocenters. The van der Waals surface area contributed by atoms with Gasteiger partial charge in [-0.2, -0.15) is 0 Å². The van der Waals surface area contributed by atoms with Gasteiger partial charge in [0.05, 0.1) is 5.69 Å². The predicted molar refractivity (Wildman–Crippen MR) is 53.4 cm³/mol. The van der Waals surface area contributed by atoms with Crippen molar-refractivity contribution in [2.75, 3.05) is 13.1 Å². The average molecular weight is 180 g/mol. The maximum Gasteiger partial charge on any atom is 0.164 e. The van der Waals surface area contributed by atoms with Crippen molar-refractivity contribution in [3.63, 3.8) is 0 Å². The van der Waals surface area contributed by atoms with Crippen LogP contribution in [0.25, 0.3) is 5.57 Å². The molecule has 0 aliphatic carbocycles. The maximum atomic E-state index is 5.16. The van der Waals surface area contributed by atoms with Crippen LogP contribution in [0.1, 0.15) is 25.3 Å². The van der Waals surface area contributed by atoms with Gasteiger partial charge in [-0.15, -0.1) is 0 Å². The largest absolute Gasteiger partial charge is 0.356 e. The fourth-order valence-electron chi connectivity index (χ4n) is 1.11. The summed E-state index contributed by atoms with van der Waals surface area (Å²) in [6.07, 6.45) is 2.04. The van der Waals surface area contributed by atoms with E-state index in [0.717, 1.165) is 30.1 Å². The molecule has 1 N–H and O–H groups in total. The lowest BCUT2D eigenvalue weighted by Gasteiger charge is -2.02. The number of aryl methyl sites for hydroxylation is 1. The van der Waals surface area contributed by atoms with Gasteiger partial charge >= 0.3 is 0 Å². The molecule has 1 aromatic rings. The summed E-state index contributed by atoms with van der Waals surface area (Å²) >= 11 is 0. The third-order valence-electron chi connectivity index (χ3n) is 1.86. The minimum Gasteiger partial charge on any atom is -0.356 e. The van der Waals surface area contributed by atoms with Crippen molar-refractivity contribution >= 4 is 5.57 Å². The molecular formula is C10H16N2O. The molecular weight excluding hydrogens is 164 g/mol. The van der Waals surface area contributed by atoms with Crippen LogP contribution in [0, 0.1) is 6.92 Å². The Balaban J connectivity index is 2.68. The molecule has 3 heteroatoms. The Morgan fingerprint density at radius 3 is 2.92 bits per heavy atom. The molecule has 0 aliphatic rings. The van der Waals surface area contributed by atoms with Crippen molar-refractivity contribution in [1.29, 1.82) is 0 Å². The first-order valence-corrected chi connectivity index (χ1v) is 4.57. The Kier molecular flexibility index (Phi) is 3.71. The maximum absolute atomic E-state index is 5.16. The lowest BCUT2D eigenvalue weighted by atomic mass is 10.2. The SMILES string of the molecule is C/C=C(\CNCC)c1cc(C)no1. The highest BCUT2D eigenvalue weighted by molar-refractivity contribution is 5.62. The molecule has 0 aromatic carbocycles. The molecule has 13 heavy (non-hydrogen) atoms. The van der Waals surface area contributed by atoms with Gasteiger partial charge in [0.1, 0.15) is 0 Å². The summed E-state index contributed by atoms with van der Waals surface area (Å²) in [5.41, 5.74) is 2.08. The zero-order valence-electron chi connectivity index (χ0n) is 8.42. The first-order valence-electron chi connectivity index (χ1n) is 4.57. The molecule has 0 aliphatic heterocycles. The van der Waals surface area contributed by atoms with E-state index in [0.29, 0.717) is 0 Å². The smallest absolute Gasteiger partial charge is 0.164 e. The van der Waals surface area contributed by atoms with Crippen LogP contribution in [0.3, 0.4) is 0 Å². The van der Waals surface area contributed by atoms with Crippen LogP contribution in [-0.2, 0) is 0 Å². The number of allylic oxidation sites excluding steroid dienone is 1. The first kappa shape index (κ1) is 9.99. The van der Waals surface area contributed by atoms with Crippen LogP contribution in [-0.4, -0.2) is 18.2 Å². The zero-order valence-corrected chi connectivity index (χ0v) is 8.42. The number of rotatable bonds is 4. The summed E-state index contributed by atoms with van der Waals surface area (Å²) in [6, 6.07) is 1.95. The Hall–Kier alpha value is -1.09. The molecule has 0 amide bonds. The highest BCUT2D eigenvalue weighted by Crippen LogP contribution is 2.13. The van der Waals surface area contributed by atoms with Crippen molar-refractivity contribution in [2.24, 2.45) is 0 Å². The lowest BCUT2D eigenvalue weighted by molar-refractivity contribution is 0.404. The Labute approximate surface area is 78.8 Å². The fourth-order valence-corrected chi connectivity index (χ4v) is 1.11. The third kappa shape index (κ3) is 2.70. The highest BCUT2D eigenvalue weighted by atomic mass is 16.5. The zero-order chi connectivity index (χ0) is 9.68. The Morgan fingerprint density at radius 1 is 1.69 bits per heavy atom. The standard InChI is InChI=1S/C10H16N2O/c1-4-9(7-11-5-2)10-6-8(3)12-13-10/h4,6,11H,5,7H2,1-3H3/b9-4+. The minimum atomic E-state index is 0.835. The minimum absolute atomic E-state index is 0.835. The molecule has 3 nitrogen and oxygen atoms in total. The quantitative estimate of drug-likeness (QED) is 0.770. The Morgan fingerprint density at radius 2 is 2.46 bits per heavy atom. The monoisotopic (exact) mass is 180 g/mol. The number of nitrogens with zero attached hydrogens (tertiary/aromatic N) is 1. The number of hydrogen-bond donors (Lipinski definition) is 1. The van der Waals surface area contributed by atoms with Crippen molar-refractivity contribution in [2.45, 2.75) is 20.8 Å². The average Bonchev–Trinajstić information content (AvgIpc) is 2.54. The van der Waals surface area contributed by atoms with Gasteiger partial charge in [0.25, 0.3) is 0 Å². The molecule has 0 saturated heterocycles. The van der Waals surface area contributed by atoms with E-state index in [1.54, 1.807) is 0 Å². The van der Waals surface area contributed by atoms with E-state index in [2.05, 4.69) is 17.4 Å². The summed E-state index contributed by atoms with van der Waals surface area (Å²) in [5, 5.41) is 7.10. The van der Waals surface area contributed by atoms with Crippen molar-refractivity contribution in [3.05, 3.63) is 23.6 Å². The summed E-state index contributed by atoms with van der Waals surface area (Å²) in [4.78, 5) is 0. The van der Waals surface area contributed by atoms with Gasteiger partial charge in [-0.1, -0.05) is 18.2 Å². The Bertz CT molecular complexity index is 289. The van der Waals surface area contributed by atoms with Gasteiger partial charge in [0.2, 0.25) is 0 Å². The topological polar surface area (TPSA) is 38.1 Å². The predicted octanol–water partition coefficient (Wildman–Crippen LogP) is 2.00. The van der Waals surface area contributed by atoms with Crippen molar-refractivity contribution < 1.29 is 4.52 Å². The van der Waals surface area contributed by atoms with Crippen LogP contribution in [0.15, 0.2) is 16.7 Å². The normalized spacial score (nSPS) is 12.1. The van der Waals surface area contributed by atoms with E-state index in [-0.39, 0.29) is 0 Å². The summed E-state index contributed by atoms with van der Waals surface area (Å²) in [7, 11) is 0. The van der Waals surface area contributed by atoms with E-state index in [1.165, 1.54) is 0 Å². The van der Waals surface area contributed by atoms with Gasteiger partial charge in [-0.25, -0.2) is 0 Å². The van der Waals surface area contributed by atoms with E-state index >= 15 is 0 Å².